The predicted molar refractivity (Wildman–Crippen MR) is 107 cm³/mol. The summed E-state index contributed by atoms with van der Waals surface area (Å²) in [6.07, 6.45) is -2.38. The number of hydrogen-bond donors (Lipinski definition) is 3. The Morgan fingerprint density at radius 1 is 1.22 bits per heavy atom. The molecule has 0 heterocycles. The van der Waals surface area contributed by atoms with E-state index >= 15 is 4.39 Å². The third-order valence-electron chi connectivity index (χ3n) is 6.94. The number of aromatic hydroxyl groups is 1. The molecule has 3 aliphatic carbocycles. The zero-order valence-electron chi connectivity index (χ0n) is 17.0. The van der Waals surface area contributed by atoms with Crippen LogP contribution < -0.4 is 5.73 Å². The molecule has 9 nitrogen and oxygen atoms in total. The second-order valence-corrected chi connectivity index (χ2v) is 9.15. The monoisotopic (exact) mass is 466 g/mol. The molecular weight excluding hydrogens is 447 g/mol. The number of phenols is 1. The SMILES string of the molecule is CN(C)[C@@H]1C(=O)C(C(N)=O)C(=O)[C@@]2(O)C(=O)C3C(=O)c4c(O)ccc(Cl)c4[C@H](F)[C@H]3C[C@@H]12. The lowest BCUT2D eigenvalue weighted by atomic mass is 9.52. The molecule has 2 fully saturated rings. The van der Waals surface area contributed by atoms with Crippen LogP contribution in [0.25, 0.3) is 0 Å². The van der Waals surface area contributed by atoms with Gasteiger partial charge in [-0.1, -0.05) is 11.6 Å². The van der Waals surface area contributed by atoms with Gasteiger partial charge in [0.25, 0.3) is 0 Å². The third-order valence-corrected chi connectivity index (χ3v) is 7.27. The van der Waals surface area contributed by atoms with Crippen molar-refractivity contribution in [3.8, 4) is 5.75 Å². The summed E-state index contributed by atoms with van der Waals surface area (Å²) < 4.78 is 15.7. The molecule has 2 saturated carbocycles. The molecule has 0 saturated heterocycles. The van der Waals surface area contributed by atoms with Crippen LogP contribution in [0.1, 0.15) is 28.5 Å². The summed E-state index contributed by atoms with van der Waals surface area (Å²) in [6.45, 7) is 0. The van der Waals surface area contributed by atoms with Crippen molar-refractivity contribution in [3.63, 3.8) is 0 Å². The number of ketones is 4. The summed E-state index contributed by atoms with van der Waals surface area (Å²) in [5.41, 5.74) is 1.56. The number of carbonyl (C=O) groups excluding carboxylic acids is 5. The number of likely N-dealkylation sites (N-methyl/N-ethyl adjacent to an activating group) is 1. The van der Waals surface area contributed by atoms with E-state index in [1.165, 1.54) is 25.1 Å². The average molecular weight is 467 g/mol. The molecular formula is C21H20ClFN2O7. The van der Waals surface area contributed by atoms with Gasteiger partial charge in [-0.05, 0) is 32.6 Å². The topological polar surface area (TPSA) is 155 Å². The van der Waals surface area contributed by atoms with E-state index in [0.29, 0.717) is 0 Å². The number of Topliss-reactive ketones (excluding diaryl/α,β-unsaturated/α-hetero) is 4. The molecule has 11 heteroatoms. The van der Waals surface area contributed by atoms with E-state index in [-0.39, 0.29) is 10.6 Å². The van der Waals surface area contributed by atoms with Crippen molar-refractivity contribution in [2.45, 2.75) is 24.2 Å². The second-order valence-electron chi connectivity index (χ2n) is 8.75. The summed E-state index contributed by atoms with van der Waals surface area (Å²) in [5, 5.41) is 21.4. The summed E-state index contributed by atoms with van der Waals surface area (Å²) in [7, 11) is 2.88. The largest absolute Gasteiger partial charge is 0.507 e. The lowest BCUT2D eigenvalue weighted by Crippen LogP contribution is -2.74. The first kappa shape index (κ1) is 22.5. The lowest BCUT2D eigenvalue weighted by Gasteiger charge is -2.53. The van der Waals surface area contributed by atoms with Gasteiger partial charge < -0.3 is 15.9 Å². The minimum atomic E-state index is -2.90. The molecule has 1 aromatic rings. The molecule has 32 heavy (non-hydrogen) atoms. The standard InChI is InChI=1S/C21H20ClFN2O7/c1-25(2)15-7-5-6-10(16(27)12-9(26)4-3-8(22)11(12)14(6)23)18(29)21(7,32)19(30)13(17(15)28)20(24)31/h3-4,6-7,10,13-15,26,32H,5H2,1-2H3,(H2,24,31)/t6-,7-,10?,13?,14+,15-,21-/m0/s1. The van der Waals surface area contributed by atoms with E-state index in [0.717, 1.165) is 6.07 Å². The first-order chi connectivity index (χ1) is 14.8. The lowest BCUT2D eigenvalue weighted by molar-refractivity contribution is -0.183. The number of primary amides is 1. The summed E-state index contributed by atoms with van der Waals surface area (Å²) in [4.78, 5) is 65.9. The van der Waals surface area contributed by atoms with Crippen molar-refractivity contribution in [1.82, 2.24) is 4.90 Å². The van der Waals surface area contributed by atoms with Crippen molar-refractivity contribution >= 4 is 40.6 Å². The number of rotatable bonds is 2. The maximum Gasteiger partial charge on any atom is 0.235 e. The number of carbonyl (C=O) groups is 5. The molecule has 0 bridgehead atoms. The van der Waals surface area contributed by atoms with E-state index in [2.05, 4.69) is 0 Å². The molecule has 2 unspecified atom stereocenters. The van der Waals surface area contributed by atoms with Gasteiger partial charge in [0.2, 0.25) is 5.91 Å². The predicted octanol–water partition coefficient (Wildman–Crippen LogP) is -0.0115. The van der Waals surface area contributed by atoms with Crippen LogP contribution in [0.15, 0.2) is 12.1 Å². The Balaban J connectivity index is 1.93. The van der Waals surface area contributed by atoms with Crippen molar-refractivity contribution in [3.05, 3.63) is 28.3 Å². The molecule has 0 aromatic heterocycles. The van der Waals surface area contributed by atoms with Crippen LogP contribution in [0, 0.1) is 23.7 Å². The number of fused-ring (bicyclic) bond motifs is 3. The smallest absolute Gasteiger partial charge is 0.235 e. The van der Waals surface area contributed by atoms with Crippen molar-refractivity contribution in [1.29, 1.82) is 0 Å². The number of hydrogen-bond acceptors (Lipinski definition) is 8. The van der Waals surface area contributed by atoms with Gasteiger partial charge in [0.1, 0.15) is 11.9 Å². The molecule has 1 aromatic carbocycles. The van der Waals surface area contributed by atoms with Crippen LogP contribution in [0.5, 0.6) is 5.75 Å². The fourth-order valence-electron chi connectivity index (χ4n) is 5.56. The van der Waals surface area contributed by atoms with Crippen molar-refractivity contribution in [2.75, 3.05) is 14.1 Å². The Hall–Kier alpha value is -2.69. The van der Waals surface area contributed by atoms with E-state index in [1.54, 1.807) is 0 Å². The number of nitrogens with zero attached hydrogens (tertiary/aromatic N) is 1. The van der Waals surface area contributed by atoms with Gasteiger partial charge >= 0.3 is 0 Å². The summed E-state index contributed by atoms with van der Waals surface area (Å²) in [6, 6.07) is 0.987. The number of alkyl halides is 1. The van der Waals surface area contributed by atoms with Gasteiger partial charge in [0.05, 0.1) is 17.5 Å². The molecule has 0 spiro atoms. The van der Waals surface area contributed by atoms with Gasteiger partial charge in [0, 0.05) is 22.4 Å². The minimum absolute atomic E-state index is 0.126. The average Bonchev–Trinajstić information content (AvgIpc) is 2.69. The Kier molecular flexibility index (Phi) is 5.03. The maximum atomic E-state index is 15.7. The number of amides is 1. The van der Waals surface area contributed by atoms with Crippen LogP contribution in [-0.2, 0) is 19.2 Å². The van der Waals surface area contributed by atoms with Crippen LogP contribution >= 0.6 is 11.6 Å². The molecule has 7 atom stereocenters. The van der Waals surface area contributed by atoms with Crippen LogP contribution in [-0.4, -0.2) is 69.9 Å². The highest BCUT2D eigenvalue weighted by atomic mass is 35.5. The van der Waals surface area contributed by atoms with E-state index in [1.807, 2.05) is 0 Å². The number of phenolic OH excluding ortho intramolecular Hbond substituents is 1. The quantitative estimate of drug-likeness (QED) is 0.514. The Labute approximate surface area is 186 Å². The van der Waals surface area contributed by atoms with Gasteiger partial charge in [-0.2, -0.15) is 0 Å². The highest BCUT2D eigenvalue weighted by Crippen LogP contribution is 2.55. The van der Waals surface area contributed by atoms with Crippen molar-refractivity contribution < 1.29 is 38.6 Å². The second kappa shape index (κ2) is 7.16. The zero-order chi connectivity index (χ0) is 23.9. The molecule has 0 radical (unpaired) electrons. The first-order valence-corrected chi connectivity index (χ1v) is 10.2. The zero-order valence-corrected chi connectivity index (χ0v) is 17.8. The minimum Gasteiger partial charge on any atom is -0.507 e. The molecule has 170 valence electrons. The number of aliphatic hydroxyl groups is 1. The highest BCUT2D eigenvalue weighted by molar-refractivity contribution is 6.34. The first-order valence-electron chi connectivity index (χ1n) is 9.85. The molecule has 1 amide bonds. The van der Waals surface area contributed by atoms with Crippen LogP contribution in [0.2, 0.25) is 5.02 Å². The van der Waals surface area contributed by atoms with Gasteiger partial charge in [-0.15, -0.1) is 0 Å². The molecule has 4 rings (SSSR count). The van der Waals surface area contributed by atoms with E-state index in [9.17, 15) is 34.2 Å². The number of nitrogens with two attached hydrogens (primary N) is 1. The normalized spacial score (nSPS) is 36.6. The van der Waals surface area contributed by atoms with E-state index < -0.39 is 88.3 Å². The van der Waals surface area contributed by atoms with Gasteiger partial charge in [-0.3, -0.25) is 28.9 Å². The Bertz CT molecular complexity index is 1110. The maximum absolute atomic E-state index is 15.7. The number of halogens is 2. The third kappa shape index (κ3) is 2.66. The fraction of sp³-hybridized carbons (Fsp3) is 0.476. The number of benzene rings is 1. The van der Waals surface area contributed by atoms with E-state index in [4.69, 9.17) is 17.3 Å². The van der Waals surface area contributed by atoms with Crippen LogP contribution in [0.3, 0.4) is 0 Å². The molecule has 4 N–H and O–H groups in total. The summed E-state index contributed by atoms with van der Waals surface area (Å²) in [5.74, 6) is -13.2. The Morgan fingerprint density at radius 2 is 1.84 bits per heavy atom. The van der Waals surface area contributed by atoms with Crippen molar-refractivity contribution in [2.24, 2.45) is 29.4 Å². The van der Waals surface area contributed by atoms with Gasteiger partial charge in [0.15, 0.2) is 34.7 Å². The Morgan fingerprint density at radius 3 is 2.41 bits per heavy atom. The highest BCUT2D eigenvalue weighted by Gasteiger charge is 2.70. The van der Waals surface area contributed by atoms with Crippen LogP contribution in [0.4, 0.5) is 4.39 Å². The summed E-state index contributed by atoms with van der Waals surface area (Å²) >= 11 is 6.08. The fourth-order valence-corrected chi connectivity index (χ4v) is 5.82. The molecule has 3 aliphatic rings. The molecule has 0 aliphatic heterocycles. The van der Waals surface area contributed by atoms with Gasteiger partial charge in [-0.25, -0.2) is 4.39 Å².